The van der Waals surface area contributed by atoms with Crippen molar-refractivity contribution in [3.63, 3.8) is 0 Å². The summed E-state index contributed by atoms with van der Waals surface area (Å²) in [5, 5.41) is 11.2. The van der Waals surface area contributed by atoms with Crippen molar-refractivity contribution < 1.29 is 8.42 Å². The molecule has 0 radical (unpaired) electrons. The smallest absolute Gasteiger partial charge is 0.246 e. The summed E-state index contributed by atoms with van der Waals surface area (Å²) in [6.45, 7) is 0. The Morgan fingerprint density at radius 1 is 1.27 bits per heavy atom. The number of sulfonamides is 1. The summed E-state index contributed by atoms with van der Waals surface area (Å²) in [6.07, 6.45) is 0. The van der Waals surface area contributed by atoms with Crippen molar-refractivity contribution in [2.24, 2.45) is 0 Å². The van der Waals surface area contributed by atoms with E-state index in [1.54, 1.807) is 37.4 Å². The van der Waals surface area contributed by atoms with Gasteiger partial charge in [0.05, 0.1) is 6.07 Å². The van der Waals surface area contributed by atoms with Gasteiger partial charge in [0.25, 0.3) is 0 Å². The first-order valence-corrected chi connectivity index (χ1v) is 5.88. The molecule has 1 aromatic carbocycles. The first kappa shape index (κ1) is 11.3. The fraction of sp³-hybridized carbons (Fsp3) is 0.222. The predicted octanol–water partition coefficient (Wildman–Crippen LogP) is 0.994. The van der Waals surface area contributed by atoms with E-state index in [0.717, 1.165) is 5.69 Å². The van der Waals surface area contributed by atoms with Gasteiger partial charge < -0.3 is 5.32 Å². The highest BCUT2D eigenvalue weighted by Crippen LogP contribution is 2.13. The molecule has 1 rings (SSSR count). The Morgan fingerprint density at radius 2 is 1.80 bits per heavy atom. The van der Waals surface area contributed by atoms with Crippen LogP contribution in [0.4, 0.5) is 11.4 Å². The van der Waals surface area contributed by atoms with Crippen molar-refractivity contribution in [3.8, 4) is 6.07 Å². The van der Waals surface area contributed by atoms with Crippen LogP contribution in [-0.2, 0) is 10.0 Å². The van der Waals surface area contributed by atoms with E-state index in [1.807, 2.05) is 0 Å². The van der Waals surface area contributed by atoms with E-state index in [-0.39, 0.29) is 0 Å². The summed E-state index contributed by atoms with van der Waals surface area (Å²) in [7, 11) is -1.76. The third-order valence-electron chi connectivity index (χ3n) is 1.70. The fourth-order valence-corrected chi connectivity index (χ4v) is 1.74. The topological polar surface area (TPSA) is 82.0 Å². The summed E-state index contributed by atoms with van der Waals surface area (Å²) >= 11 is 0. The highest BCUT2D eigenvalue weighted by atomic mass is 32.2. The predicted molar refractivity (Wildman–Crippen MR) is 59.0 cm³/mol. The first-order valence-electron chi connectivity index (χ1n) is 4.22. The summed E-state index contributed by atoms with van der Waals surface area (Å²) < 4.78 is 24.7. The van der Waals surface area contributed by atoms with Gasteiger partial charge in [-0.1, -0.05) is 0 Å². The van der Waals surface area contributed by atoms with E-state index < -0.39 is 15.8 Å². The normalized spacial score (nSPS) is 10.4. The van der Waals surface area contributed by atoms with Gasteiger partial charge in [-0.05, 0) is 24.3 Å². The lowest BCUT2D eigenvalue weighted by Crippen LogP contribution is -2.15. The van der Waals surface area contributed by atoms with Crippen molar-refractivity contribution in [3.05, 3.63) is 24.3 Å². The summed E-state index contributed by atoms with van der Waals surface area (Å²) in [4.78, 5) is 0. The number of nitrogens with one attached hydrogen (secondary N) is 2. The molecule has 0 fully saturated rings. The molecule has 0 aliphatic heterocycles. The van der Waals surface area contributed by atoms with Crippen LogP contribution in [0.1, 0.15) is 0 Å². The van der Waals surface area contributed by atoms with Crippen LogP contribution in [0.25, 0.3) is 0 Å². The molecule has 0 amide bonds. The first-order chi connectivity index (χ1) is 7.07. The van der Waals surface area contributed by atoms with Crippen LogP contribution in [-0.4, -0.2) is 21.2 Å². The maximum Gasteiger partial charge on any atom is 0.246 e. The second-order valence-corrected chi connectivity index (χ2v) is 4.57. The Bertz CT molecular complexity index is 459. The molecule has 0 aliphatic rings. The fourth-order valence-electron chi connectivity index (χ4n) is 1.01. The molecule has 0 aliphatic carbocycles. The van der Waals surface area contributed by atoms with E-state index >= 15 is 0 Å². The summed E-state index contributed by atoms with van der Waals surface area (Å²) in [5.74, 6) is -0.541. The molecule has 2 N–H and O–H groups in total. The Hall–Kier alpha value is -1.74. The van der Waals surface area contributed by atoms with Crippen LogP contribution in [0.3, 0.4) is 0 Å². The molecule has 5 nitrogen and oxygen atoms in total. The van der Waals surface area contributed by atoms with E-state index in [4.69, 9.17) is 5.26 Å². The molecule has 15 heavy (non-hydrogen) atoms. The van der Waals surface area contributed by atoms with E-state index in [1.165, 1.54) is 0 Å². The van der Waals surface area contributed by atoms with Gasteiger partial charge in [0, 0.05) is 18.4 Å². The SMILES string of the molecule is CNc1ccc(NS(=O)(=O)CC#N)cc1. The maximum absolute atomic E-state index is 11.2. The molecular weight excluding hydrogens is 214 g/mol. The van der Waals surface area contributed by atoms with E-state index in [2.05, 4.69) is 10.0 Å². The number of anilines is 2. The molecule has 0 saturated carbocycles. The second-order valence-electron chi connectivity index (χ2n) is 2.85. The minimum Gasteiger partial charge on any atom is -0.388 e. The molecule has 0 atom stereocenters. The monoisotopic (exact) mass is 225 g/mol. The van der Waals surface area contributed by atoms with Crippen LogP contribution in [0.2, 0.25) is 0 Å². The number of nitrogens with zero attached hydrogens (tertiary/aromatic N) is 1. The molecule has 6 heteroatoms. The van der Waals surface area contributed by atoms with Gasteiger partial charge in [0.2, 0.25) is 10.0 Å². The molecule has 0 spiro atoms. The Balaban J connectivity index is 2.78. The quantitative estimate of drug-likeness (QED) is 0.800. The van der Waals surface area contributed by atoms with Gasteiger partial charge in [-0.15, -0.1) is 0 Å². The third kappa shape index (κ3) is 3.48. The van der Waals surface area contributed by atoms with Crippen LogP contribution in [0.5, 0.6) is 0 Å². The number of benzene rings is 1. The molecule has 0 bridgehead atoms. The highest BCUT2D eigenvalue weighted by Gasteiger charge is 2.08. The van der Waals surface area contributed by atoms with Crippen molar-refractivity contribution in [2.45, 2.75) is 0 Å². The van der Waals surface area contributed by atoms with Crippen molar-refractivity contribution in [2.75, 3.05) is 22.8 Å². The molecule has 80 valence electrons. The average Bonchev–Trinajstić information content (AvgIpc) is 2.18. The number of nitriles is 1. The van der Waals surface area contributed by atoms with E-state index in [9.17, 15) is 8.42 Å². The Kier molecular flexibility index (Phi) is 3.52. The molecule has 1 aromatic rings. The zero-order chi connectivity index (χ0) is 11.3. The minimum absolute atomic E-state index is 0.448. The van der Waals surface area contributed by atoms with Crippen molar-refractivity contribution in [1.82, 2.24) is 0 Å². The minimum atomic E-state index is -3.54. The lowest BCUT2D eigenvalue weighted by molar-refractivity contribution is 0.604. The lowest BCUT2D eigenvalue weighted by Gasteiger charge is -2.05. The molecular formula is C9H11N3O2S. The molecule has 0 heterocycles. The van der Waals surface area contributed by atoms with Gasteiger partial charge in [0.1, 0.15) is 0 Å². The second kappa shape index (κ2) is 4.66. The van der Waals surface area contributed by atoms with Crippen molar-refractivity contribution in [1.29, 1.82) is 5.26 Å². The Labute approximate surface area is 88.8 Å². The standard InChI is InChI=1S/C9H11N3O2S/c1-11-8-2-4-9(5-3-8)12-15(13,14)7-6-10/h2-5,11-12H,7H2,1H3. The van der Waals surface area contributed by atoms with Crippen LogP contribution in [0.15, 0.2) is 24.3 Å². The van der Waals surface area contributed by atoms with Gasteiger partial charge in [-0.3, -0.25) is 4.72 Å². The number of hydrogen-bond acceptors (Lipinski definition) is 4. The molecule has 0 saturated heterocycles. The van der Waals surface area contributed by atoms with Gasteiger partial charge in [0.15, 0.2) is 5.75 Å². The maximum atomic E-state index is 11.2. The third-order valence-corrected chi connectivity index (χ3v) is 2.76. The number of hydrogen-bond donors (Lipinski definition) is 2. The van der Waals surface area contributed by atoms with Crippen LogP contribution in [0, 0.1) is 11.3 Å². The largest absolute Gasteiger partial charge is 0.388 e. The Morgan fingerprint density at radius 3 is 2.27 bits per heavy atom. The lowest BCUT2D eigenvalue weighted by atomic mass is 10.3. The summed E-state index contributed by atoms with van der Waals surface area (Å²) in [5.41, 5.74) is 1.34. The van der Waals surface area contributed by atoms with Crippen LogP contribution < -0.4 is 10.0 Å². The average molecular weight is 225 g/mol. The molecule has 0 aromatic heterocycles. The zero-order valence-electron chi connectivity index (χ0n) is 8.19. The van der Waals surface area contributed by atoms with E-state index in [0.29, 0.717) is 5.69 Å². The highest BCUT2D eigenvalue weighted by molar-refractivity contribution is 7.92. The van der Waals surface area contributed by atoms with Crippen LogP contribution >= 0.6 is 0 Å². The van der Waals surface area contributed by atoms with Gasteiger partial charge in [-0.2, -0.15) is 5.26 Å². The summed E-state index contributed by atoms with van der Waals surface area (Å²) in [6, 6.07) is 8.32. The van der Waals surface area contributed by atoms with Crippen molar-refractivity contribution >= 4 is 21.4 Å². The number of rotatable bonds is 4. The van der Waals surface area contributed by atoms with Gasteiger partial charge in [-0.25, -0.2) is 8.42 Å². The molecule has 0 unspecified atom stereocenters. The zero-order valence-corrected chi connectivity index (χ0v) is 9.00. The van der Waals surface area contributed by atoms with Gasteiger partial charge >= 0.3 is 0 Å².